The first-order valence-electron chi connectivity index (χ1n) is 18.2. The van der Waals surface area contributed by atoms with Gasteiger partial charge in [0.2, 0.25) is 0 Å². The van der Waals surface area contributed by atoms with E-state index in [0.29, 0.717) is 44.9 Å². The summed E-state index contributed by atoms with van der Waals surface area (Å²) >= 11 is 4.39. The van der Waals surface area contributed by atoms with E-state index in [0.717, 1.165) is 44.8 Å². The number of phenols is 1. The summed E-state index contributed by atoms with van der Waals surface area (Å²) in [5.74, 6) is 2.21. The summed E-state index contributed by atoms with van der Waals surface area (Å²) in [7, 11) is 1.59. The van der Waals surface area contributed by atoms with E-state index in [2.05, 4.69) is 42.5 Å². The fourth-order valence-corrected chi connectivity index (χ4v) is 6.21. The van der Waals surface area contributed by atoms with Gasteiger partial charge >= 0.3 is 29.6 Å². The first-order chi connectivity index (χ1) is 28.2. The average molecular weight is 827 g/mol. The smallest absolute Gasteiger partial charge is 0.793 e. The Morgan fingerprint density at radius 2 is 1.05 bits per heavy atom. The summed E-state index contributed by atoms with van der Waals surface area (Å²) in [5, 5.41) is 11.3. The molecular formula is C46H43N8NaO4S. The number of ketones is 2. The third-order valence-corrected chi connectivity index (χ3v) is 8.97. The Balaban J connectivity index is 0.000000241. The zero-order chi connectivity index (χ0) is 41.0. The molecule has 0 saturated heterocycles. The number of methoxy groups -OCH3 is 1. The van der Waals surface area contributed by atoms with Gasteiger partial charge in [-0.05, 0) is 70.8 Å². The summed E-state index contributed by atoms with van der Waals surface area (Å²) in [5.41, 5.74) is 19.4. The molecule has 0 fully saturated rings. The van der Waals surface area contributed by atoms with E-state index in [-0.39, 0.29) is 67.1 Å². The number of ether oxygens (including phenoxy) is 1. The second-order valence-corrected chi connectivity index (χ2v) is 13.3. The molecule has 5 N–H and O–H groups in total. The van der Waals surface area contributed by atoms with Gasteiger partial charge in [0.25, 0.3) is 0 Å². The van der Waals surface area contributed by atoms with Crippen molar-refractivity contribution in [2.24, 2.45) is 0 Å². The molecule has 0 unspecified atom stereocenters. The van der Waals surface area contributed by atoms with Crippen LogP contribution in [0, 0.1) is 0 Å². The number of aromatic hydroxyl groups is 1. The van der Waals surface area contributed by atoms with Crippen LogP contribution in [0.15, 0.2) is 134 Å². The van der Waals surface area contributed by atoms with Crippen molar-refractivity contribution >= 4 is 57.6 Å². The number of nitrogens with zero attached hydrogens (tertiary/aromatic N) is 6. The minimum absolute atomic E-state index is 0. The number of nitrogen functional groups attached to an aromatic ring is 2. The Morgan fingerprint density at radius 3 is 1.48 bits per heavy atom. The summed E-state index contributed by atoms with van der Waals surface area (Å²) in [4.78, 5) is 49.9. The van der Waals surface area contributed by atoms with E-state index in [4.69, 9.17) is 16.2 Å². The van der Waals surface area contributed by atoms with Crippen molar-refractivity contribution in [1.82, 2.24) is 29.9 Å². The Morgan fingerprint density at radius 1 is 0.617 bits per heavy atom. The number of benzene rings is 4. The van der Waals surface area contributed by atoms with Crippen LogP contribution in [0.4, 0.5) is 11.6 Å². The third kappa shape index (κ3) is 11.1. The number of anilines is 2. The van der Waals surface area contributed by atoms with E-state index in [1.54, 1.807) is 43.8 Å². The van der Waals surface area contributed by atoms with Crippen molar-refractivity contribution in [3.63, 3.8) is 0 Å². The molecule has 4 aromatic heterocycles. The normalized spacial score (nSPS) is 10.2. The van der Waals surface area contributed by atoms with Crippen molar-refractivity contribution in [2.45, 2.75) is 27.2 Å². The Kier molecular flexibility index (Phi) is 17.2. The van der Waals surface area contributed by atoms with Gasteiger partial charge in [-0.3, -0.25) is 19.6 Å². The summed E-state index contributed by atoms with van der Waals surface area (Å²) in [6.07, 6.45) is 6.63. The molecule has 0 saturated carbocycles. The van der Waals surface area contributed by atoms with Gasteiger partial charge in [-0.1, -0.05) is 75.0 Å². The topological polar surface area (TPSA) is 193 Å². The molecule has 298 valence electrons. The number of phenolic OH excluding ortho intramolecular Hbond substituents is 1. The summed E-state index contributed by atoms with van der Waals surface area (Å²) in [6, 6.07) is 32.9. The molecule has 14 heteroatoms. The van der Waals surface area contributed by atoms with Crippen molar-refractivity contribution in [3.8, 4) is 33.8 Å². The number of rotatable bonds is 9. The first-order valence-corrected chi connectivity index (χ1v) is 18.7. The van der Waals surface area contributed by atoms with Crippen LogP contribution in [0.2, 0.25) is 0 Å². The Hall–Kier alpha value is -6.25. The molecule has 8 rings (SSSR count). The zero-order valence-corrected chi connectivity index (χ0v) is 35.6. The van der Waals surface area contributed by atoms with Crippen LogP contribution in [-0.4, -0.2) is 59.4 Å². The second-order valence-electron chi connectivity index (χ2n) is 12.7. The van der Waals surface area contributed by atoms with Gasteiger partial charge in [0, 0.05) is 34.9 Å². The number of pyridine rings is 2. The van der Waals surface area contributed by atoms with Crippen molar-refractivity contribution in [1.29, 1.82) is 0 Å². The van der Waals surface area contributed by atoms with E-state index in [1.165, 1.54) is 12.7 Å². The van der Waals surface area contributed by atoms with Gasteiger partial charge in [0.1, 0.15) is 46.8 Å². The van der Waals surface area contributed by atoms with Crippen molar-refractivity contribution in [3.05, 3.63) is 157 Å². The maximum Gasteiger partial charge on any atom is 1.00 e. The van der Waals surface area contributed by atoms with E-state index >= 15 is 0 Å². The van der Waals surface area contributed by atoms with E-state index in [9.17, 15) is 14.7 Å². The van der Waals surface area contributed by atoms with Gasteiger partial charge < -0.3 is 33.9 Å². The number of carbonyl (C=O) groups excluding carboxylic acids is 2. The maximum atomic E-state index is 12.5. The van der Waals surface area contributed by atoms with Crippen LogP contribution in [0.3, 0.4) is 0 Å². The van der Waals surface area contributed by atoms with E-state index in [1.807, 2.05) is 91.9 Å². The summed E-state index contributed by atoms with van der Waals surface area (Å²) in [6.45, 7) is 1.94. The van der Waals surface area contributed by atoms with Crippen LogP contribution in [-0.2, 0) is 25.5 Å². The minimum Gasteiger partial charge on any atom is -0.793 e. The Labute approximate surface area is 376 Å². The number of nitrogens with two attached hydrogens (primary N) is 2. The molecule has 0 aliphatic rings. The average Bonchev–Trinajstić information content (AvgIpc) is 3.25. The number of carbonyl (C=O) groups is 2. The van der Waals surface area contributed by atoms with Crippen LogP contribution >= 0.6 is 0 Å². The molecule has 4 heterocycles. The Bertz CT molecular complexity index is 2670. The van der Waals surface area contributed by atoms with Crippen LogP contribution in [0.5, 0.6) is 11.5 Å². The molecule has 0 aliphatic heterocycles. The fraction of sp³-hybridized carbons (Fsp3) is 0.130. The number of fused-ring (bicyclic) bond motifs is 2. The fourth-order valence-electron chi connectivity index (χ4n) is 6.21. The zero-order valence-electron chi connectivity index (χ0n) is 32.7. The largest absolute Gasteiger partial charge is 1.00 e. The summed E-state index contributed by atoms with van der Waals surface area (Å²) < 4.78 is 5.38. The third-order valence-electron chi connectivity index (χ3n) is 8.97. The van der Waals surface area contributed by atoms with Crippen LogP contribution in [0.1, 0.15) is 46.5 Å². The molecule has 60 heavy (non-hydrogen) atoms. The monoisotopic (exact) mass is 826 g/mol. The predicted molar refractivity (Wildman–Crippen MR) is 236 cm³/mol. The van der Waals surface area contributed by atoms with E-state index < -0.39 is 0 Å². The van der Waals surface area contributed by atoms with Gasteiger partial charge in [0.05, 0.1) is 30.7 Å². The molecule has 0 radical (unpaired) electrons. The van der Waals surface area contributed by atoms with Crippen molar-refractivity contribution < 1.29 is 49.0 Å². The van der Waals surface area contributed by atoms with Crippen molar-refractivity contribution in [2.75, 3.05) is 24.3 Å². The molecular weight excluding hydrogens is 784 g/mol. The molecule has 0 aliphatic carbocycles. The number of aromatic nitrogens is 6. The number of hydrogen-bond acceptors (Lipinski definition) is 13. The van der Waals surface area contributed by atoms with Gasteiger partial charge in [-0.25, -0.2) is 19.9 Å². The maximum absolute atomic E-state index is 12.5. The SMILES string of the molecule is C.CC[S-].COc1ccc(-c2ccc(C(=O)Cc3ccccn3)cc2)c2c(N)ncnc12.Nc1ncnc2c(O)ccc(-c3ccc(C(=O)Cc4ccccn4)cc3)c12.[Na+]. The quantitative estimate of drug-likeness (QED) is 0.0965. The molecule has 0 spiro atoms. The van der Waals surface area contributed by atoms with Gasteiger partial charge in [0.15, 0.2) is 11.6 Å². The first kappa shape index (κ1) is 46.4. The van der Waals surface area contributed by atoms with Gasteiger partial charge in [-0.15, -0.1) is 0 Å². The number of hydrogen-bond donors (Lipinski definition) is 3. The predicted octanol–water partition coefficient (Wildman–Crippen LogP) is 5.31. The van der Waals surface area contributed by atoms with Gasteiger partial charge in [-0.2, -0.15) is 5.75 Å². The second kappa shape index (κ2) is 22.2. The molecule has 12 nitrogen and oxygen atoms in total. The molecule has 4 aromatic carbocycles. The molecule has 8 aromatic rings. The molecule has 0 amide bonds. The molecule has 0 atom stereocenters. The minimum atomic E-state index is -0.00124. The van der Waals surface area contributed by atoms with Crippen LogP contribution in [0.25, 0.3) is 44.1 Å². The number of Topliss-reactive ketones (excluding diaryl/α,β-unsaturated/α-hetero) is 2. The standard InChI is InChI=1S/C22H18N4O2.C21H16N4O2.C2H6S.CH4.Na/c1-28-19-10-9-17(20-21(19)25-13-26-22(20)23)14-5-7-15(8-6-14)18(27)12-16-4-2-3-11-24-16;22-21-19-16(8-9-17(26)20(19)24-12-25-21)13-4-6-14(7-5-13)18(27)11-15-3-1-2-10-23-15;1-2-3;;/h2-11,13H,12H2,1H3,(H2,23,25,26);1-10,12,26H,11H2,(H2,22,24,25);3H,2H2,1H3;1H4;/q;;;;+1/p-1. The van der Waals surface area contributed by atoms with Crippen LogP contribution < -0.4 is 45.8 Å². The molecule has 0 bridgehead atoms.